The molecule has 0 aliphatic rings. The predicted molar refractivity (Wildman–Crippen MR) is 158 cm³/mol. The zero-order valence-electron chi connectivity index (χ0n) is 21.5. The van der Waals surface area contributed by atoms with E-state index in [-0.39, 0.29) is 5.69 Å². The van der Waals surface area contributed by atoms with Crippen molar-refractivity contribution < 1.29 is 19.1 Å². The van der Waals surface area contributed by atoms with Crippen molar-refractivity contribution in [3.63, 3.8) is 0 Å². The van der Waals surface area contributed by atoms with Crippen LogP contribution in [-0.2, 0) is 9.59 Å². The Bertz CT molecular complexity index is 1520. The highest BCUT2D eigenvalue weighted by molar-refractivity contribution is 9.10. The minimum Gasteiger partial charge on any atom is -0.494 e. The minimum absolute atomic E-state index is 0.133. The first kappa shape index (κ1) is 28.2. The lowest BCUT2D eigenvalue weighted by Crippen LogP contribution is -2.36. The van der Waals surface area contributed by atoms with Gasteiger partial charge in [0.15, 0.2) is 0 Å². The molecule has 0 saturated heterocycles. The number of hydrogen-bond acceptors (Lipinski definition) is 4. The fourth-order valence-electron chi connectivity index (χ4n) is 3.92. The second kappa shape index (κ2) is 12.8. The third kappa shape index (κ3) is 6.99. The number of anilines is 2. The number of nitrogens with zero attached hydrogens (tertiary/aromatic N) is 1. The van der Waals surface area contributed by atoms with Crippen LogP contribution in [0.1, 0.15) is 42.2 Å². The van der Waals surface area contributed by atoms with Crippen molar-refractivity contribution in [2.45, 2.75) is 33.1 Å². The summed E-state index contributed by atoms with van der Waals surface area (Å²) in [7, 11) is 0. The number of halogens is 2. The number of aromatic nitrogens is 1. The molecule has 3 amide bonds. The molecule has 0 unspecified atom stereocenters. The van der Waals surface area contributed by atoms with Gasteiger partial charge in [-0.3, -0.25) is 19.8 Å². The summed E-state index contributed by atoms with van der Waals surface area (Å²) in [5, 5.41) is 6.61. The largest absolute Gasteiger partial charge is 0.494 e. The second-order valence-electron chi connectivity index (χ2n) is 8.91. The standard InChI is InChI=1S/C29H28BrClN4O4/c1-3-4-5-15-39-22-12-10-21(11-13-22)32-28(37)29(38)34-35-25-14-9-20(30)16-19(25)17-26(35)27(36)33-24-8-6-7-23(31)18(24)2/h6-14,16-17H,3-5,15H2,1-2H3,(H,32,37)(H,33,36)(H,34,38). The molecule has 0 spiro atoms. The summed E-state index contributed by atoms with van der Waals surface area (Å²) >= 11 is 9.63. The number of amides is 3. The summed E-state index contributed by atoms with van der Waals surface area (Å²) in [6, 6.07) is 18.9. The summed E-state index contributed by atoms with van der Waals surface area (Å²) < 4.78 is 7.78. The summed E-state index contributed by atoms with van der Waals surface area (Å²) in [6.07, 6.45) is 3.18. The zero-order chi connectivity index (χ0) is 27.9. The fourth-order valence-corrected chi connectivity index (χ4v) is 4.47. The summed E-state index contributed by atoms with van der Waals surface area (Å²) in [5.74, 6) is -1.63. The highest BCUT2D eigenvalue weighted by atomic mass is 79.9. The number of ether oxygens (including phenoxy) is 1. The quantitative estimate of drug-likeness (QED) is 0.142. The van der Waals surface area contributed by atoms with Crippen molar-refractivity contribution in [1.29, 1.82) is 0 Å². The van der Waals surface area contributed by atoms with Crippen LogP contribution >= 0.6 is 27.5 Å². The molecule has 10 heteroatoms. The molecule has 1 aromatic heterocycles. The van der Waals surface area contributed by atoms with Crippen molar-refractivity contribution in [2.24, 2.45) is 0 Å². The van der Waals surface area contributed by atoms with E-state index in [1.54, 1.807) is 67.6 Å². The van der Waals surface area contributed by atoms with Crippen LogP contribution in [0.25, 0.3) is 10.9 Å². The topological polar surface area (TPSA) is 101 Å². The Morgan fingerprint density at radius 2 is 1.72 bits per heavy atom. The number of rotatable bonds is 9. The summed E-state index contributed by atoms with van der Waals surface area (Å²) in [6.45, 7) is 4.54. The summed E-state index contributed by atoms with van der Waals surface area (Å²) in [4.78, 5) is 38.9. The molecule has 3 N–H and O–H groups in total. The maximum atomic E-state index is 13.3. The van der Waals surface area contributed by atoms with Gasteiger partial charge >= 0.3 is 11.8 Å². The van der Waals surface area contributed by atoms with Crippen LogP contribution in [0.5, 0.6) is 5.75 Å². The lowest BCUT2D eigenvalue weighted by molar-refractivity contribution is -0.133. The lowest BCUT2D eigenvalue weighted by Gasteiger charge is -2.14. The molecule has 1 heterocycles. The molecule has 3 aromatic carbocycles. The maximum Gasteiger partial charge on any atom is 0.328 e. The Morgan fingerprint density at radius 1 is 0.949 bits per heavy atom. The molecule has 0 atom stereocenters. The van der Waals surface area contributed by atoms with E-state index in [1.165, 1.54) is 4.68 Å². The lowest BCUT2D eigenvalue weighted by atomic mass is 10.2. The molecule has 0 fully saturated rings. The van der Waals surface area contributed by atoms with Gasteiger partial charge in [0.1, 0.15) is 11.4 Å². The van der Waals surface area contributed by atoms with Crippen LogP contribution in [-0.4, -0.2) is 29.0 Å². The third-order valence-electron chi connectivity index (χ3n) is 6.06. The number of benzene rings is 3. The molecule has 0 radical (unpaired) electrons. The van der Waals surface area contributed by atoms with Crippen molar-refractivity contribution in [2.75, 3.05) is 22.7 Å². The first-order chi connectivity index (χ1) is 18.8. The Labute approximate surface area is 239 Å². The smallest absolute Gasteiger partial charge is 0.328 e. The molecule has 0 aliphatic heterocycles. The molecule has 4 aromatic rings. The highest BCUT2D eigenvalue weighted by Gasteiger charge is 2.22. The van der Waals surface area contributed by atoms with Crippen LogP contribution in [0.15, 0.2) is 71.2 Å². The van der Waals surface area contributed by atoms with Crippen LogP contribution in [0, 0.1) is 6.92 Å². The fraction of sp³-hybridized carbons (Fsp3) is 0.207. The van der Waals surface area contributed by atoms with Crippen LogP contribution in [0.4, 0.5) is 11.4 Å². The van der Waals surface area contributed by atoms with E-state index in [0.717, 1.165) is 23.7 Å². The van der Waals surface area contributed by atoms with Gasteiger partial charge in [-0.2, -0.15) is 0 Å². The number of hydrogen-bond donors (Lipinski definition) is 3. The molecule has 39 heavy (non-hydrogen) atoms. The van der Waals surface area contributed by atoms with E-state index in [0.29, 0.717) is 45.2 Å². The summed E-state index contributed by atoms with van der Waals surface area (Å²) in [5.41, 5.74) is 4.91. The zero-order valence-corrected chi connectivity index (χ0v) is 23.9. The molecule has 202 valence electrons. The average Bonchev–Trinajstić information content (AvgIpc) is 3.27. The molecule has 0 aliphatic carbocycles. The van der Waals surface area contributed by atoms with Gasteiger partial charge in [0, 0.05) is 26.3 Å². The van der Waals surface area contributed by atoms with Gasteiger partial charge < -0.3 is 15.4 Å². The number of unbranched alkanes of at least 4 members (excludes halogenated alkanes) is 2. The molecule has 8 nitrogen and oxygen atoms in total. The predicted octanol–water partition coefficient (Wildman–Crippen LogP) is 6.90. The highest BCUT2D eigenvalue weighted by Crippen LogP contribution is 2.26. The first-order valence-electron chi connectivity index (χ1n) is 12.5. The number of carbonyl (C=O) groups excluding carboxylic acids is 3. The Morgan fingerprint density at radius 3 is 2.46 bits per heavy atom. The van der Waals surface area contributed by atoms with Gasteiger partial charge in [0.25, 0.3) is 5.91 Å². The second-order valence-corrected chi connectivity index (χ2v) is 10.2. The van der Waals surface area contributed by atoms with Gasteiger partial charge in [-0.25, -0.2) is 4.68 Å². The Balaban J connectivity index is 1.50. The van der Waals surface area contributed by atoms with E-state index in [4.69, 9.17) is 16.3 Å². The maximum absolute atomic E-state index is 13.3. The number of fused-ring (bicyclic) bond motifs is 1. The first-order valence-corrected chi connectivity index (χ1v) is 13.7. The molecule has 0 saturated carbocycles. The van der Waals surface area contributed by atoms with Gasteiger partial charge in [0.2, 0.25) is 0 Å². The number of nitrogens with one attached hydrogen (secondary N) is 3. The normalized spacial score (nSPS) is 10.8. The van der Waals surface area contributed by atoms with Crippen LogP contribution in [0.3, 0.4) is 0 Å². The monoisotopic (exact) mass is 610 g/mol. The van der Waals surface area contributed by atoms with Crippen molar-refractivity contribution in [3.05, 3.63) is 87.5 Å². The van der Waals surface area contributed by atoms with E-state index in [2.05, 4.69) is 38.9 Å². The van der Waals surface area contributed by atoms with Crippen LogP contribution in [0.2, 0.25) is 5.02 Å². The van der Waals surface area contributed by atoms with Gasteiger partial charge in [-0.1, -0.05) is 53.4 Å². The third-order valence-corrected chi connectivity index (χ3v) is 6.96. The Hall–Kier alpha value is -3.82. The molecule has 4 rings (SSSR count). The van der Waals surface area contributed by atoms with Crippen molar-refractivity contribution in [1.82, 2.24) is 4.68 Å². The molecule has 0 bridgehead atoms. The van der Waals surface area contributed by atoms with E-state index >= 15 is 0 Å². The van der Waals surface area contributed by atoms with Crippen molar-refractivity contribution in [3.8, 4) is 5.75 Å². The average molecular weight is 612 g/mol. The molecular weight excluding hydrogens is 584 g/mol. The van der Waals surface area contributed by atoms with Crippen LogP contribution < -0.4 is 20.8 Å². The SMILES string of the molecule is CCCCCOc1ccc(NC(=O)C(=O)Nn2c(C(=O)Nc3cccc(Cl)c3C)cc3cc(Br)ccc32)cc1. The molecular formula is C29H28BrClN4O4. The van der Waals surface area contributed by atoms with E-state index in [9.17, 15) is 14.4 Å². The van der Waals surface area contributed by atoms with Gasteiger partial charge in [-0.05, 0) is 79.6 Å². The number of carbonyl (C=O) groups is 3. The van der Waals surface area contributed by atoms with Gasteiger partial charge in [0.05, 0.1) is 12.1 Å². The van der Waals surface area contributed by atoms with E-state index in [1.807, 2.05) is 6.07 Å². The van der Waals surface area contributed by atoms with Crippen molar-refractivity contribution >= 4 is 67.5 Å². The Kier molecular flexibility index (Phi) is 9.27. The minimum atomic E-state index is -0.941. The van der Waals surface area contributed by atoms with Gasteiger partial charge in [-0.15, -0.1) is 0 Å². The van der Waals surface area contributed by atoms with E-state index < -0.39 is 17.7 Å².